The van der Waals surface area contributed by atoms with Crippen LogP contribution in [0.1, 0.15) is 58.7 Å². The Kier molecular flexibility index (Phi) is 7.03. The average molecular weight is 477 g/mol. The zero-order valence-electron chi connectivity index (χ0n) is 20.5. The molecule has 1 fully saturated rings. The molecule has 2 atom stereocenters. The molecule has 0 unspecified atom stereocenters. The normalized spacial score (nSPS) is 17.7. The van der Waals surface area contributed by atoms with E-state index in [2.05, 4.69) is 71.7 Å². The largest absolute Gasteiger partial charge is 0.469 e. The van der Waals surface area contributed by atoms with Gasteiger partial charge in [-0.1, -0.05) is 18.2 Å². The fourth-order valence-electron chi connectivity index (χ4n) is 4.90. The molecule has 6 nitrogen and oxygen atoms in total. The molecular formula is C27H32N4O2S. The molecule has 178 valence electrons. The van der Waals surface area contributed by atoms with Crippen molar-refractivity contribution in [3.63, 3.8) is 0 Å². The number of carbonyl (C=O) groups is 1. The first-order valence-corrected chi connectivity index (χ1v) is 12.0. The number of benzene rings is 1. The molecule has 1 N–H and O–H groups in total. The summed E-state index contributed by atoms with van der Waals surface area (Å²) in [4.78, 5) is 18.6. The second kappa shape index (κ2) is 9.97. The van der Waals surface area contributed by atoms with Crippen LogP contribution in [0.2, 0.25) is 0 Å². The fourth-order valence-corrected chi connectivity index (χ4v) is 5.23. The highest BCUT2D eigenvalue weighted by Gasteiger charge is 2.41. The Labute approximate surface area is 207 Å². The number of esters is 1. The molecule has 1 saturated heterocycles. The minimum atomic E-state index is -0.205. The van der Waals surface area contributed by atoms with E-state index in [1.807, 2.05) is 24.4 Å². The van der Waals surface area contributed by atoms with E-state index in [1.54, 1.807) is 0 Å². The third-order valence-electron chi connectivity index (χ3n) is 6.60. The van der Waals surface area contributed by atoms with Crippen molar-refractivity contribution < 1.29 is 9.53 Å². The van der Waals surface area contributed by atoms with Crippen molar-refractivity contribution in [2.24, 2.45) is 0 Å². The number of ether oxygens (including phenoxy) is 1. The Hall–Kier alpha value is -3.19. The first-order valence-electron chi connectivity index (χ1n) is 11.6. The number of hydrogen-bond donors (Lipinski definition) is 1. The maximum Gasteiger partial charge on any atom is 0.305 e. The summed E-state index contributed by atoms with van der Waals surface area (Å²) in [6.07, 6.45) is 2.84. The number of carbonyl (C=O) groups excluding carboxylic acids is 1. The van der Waals surface area contributed by atoms with Gasteiger partial charge in [0.1, 0.15) is 0 Å². The fraction of sp³-hybridized carbons (Fsp3) is 0.370. The predicted octanol–water partition coefficient (Wildman–Crippen LogP) is 5.03. The van der Waals surface area contributed by atoms with Gasteiger partial charge in [-0.2, -0.15) is 0 Å². The van der Waals surface area contributed by atoms with E-state index < -0.39 is 0 Å². The number of nitrogens with one attached hydrogen (secondary N) is 1. The average Bonchev–Trinajstić information content (AvgIpc) is 3.31. The molecule has 1 aromatic carbocycles. The van der Waals surface area contributed by atoms with Gasteiger partial charge in [-0.15, -0.1) is 0 Å². The van der Waals surface area contributed by atoms with Gasteiger partial charge in [0.2, 0.25) is 0 Å². The lowest BCUT2D eigenvalue weighted by molar-refractivity contribution is -0.140. The van der Waals surface area contributed by atoms with Gasteiger partial charge in [0.15, 0.2) is 5.11 Å². The minimum absolute atomic E-state index is 0.0369. The van der Waals surface area contributed by atoms with Gasteiger partial charge < -0.3 is 19.5 Å². The number of pyridine rings is 1. The molecule has 0 aliphatic carbocycles. The van der Waals surface area contributed by atoms with Crippen LogP contribution >= 0.6 is 12.2 Å². The molecule has 3 aromatic rings. The standard InChI is InChI=1S/C27H32N4O2S/c1-17-11-12-18(2)23(15-17)31-19(3)16-21(20(31)4)26-25(22-9-6-7-13-28-22)29-27(34)30(26)14-8-10-24(32)33-5/h6-7,9,11-13,15-16,25-26H,8,10,14H2,1-5H3,(H,29,34)/t25-,26+/m0/s1. The zero-order valence-corrected chi connectivity index (χ0v) is 21.3. The summed E-state index contributed by atoms with van der Waals surface area (Å²) in [7, 11) is 1.42. The van der Waals surface area contributed by atoms with E-state index in [9.17, 15) is 4.79 Å². The van der Waals surface area contributed by atoms with Crippen LogP contribution in [0.5, 0.6) is 0 Å². The van der Waals surface area contributed by atoms with Crippen LogP contribution in [0, 0.1) is 27.7 Å². The van der Waals surface area contributed by atoms with Gasteiger partial charge in [0, 0.05) is 36.2 Å². The van der Waals surface area contributed by atoms with Crippen LogP contribution in [-0.2, 0) is 9.53 Å². The minimum Gasteiger partial charge on any atom is -0.469 e. The van der Waals surface area contributed by atoms with Crippen LogP contribution in [-0.4, -0.2) is 39.2 Å². The Morgan fingerprint density at radius 3 is 2.65 bits per heavy atom. The topological polar surface area (TPSA) is 59.4 Å². The van der Waals surface area contributed by atoms with Crippen LogP contribution in [0.15, 0.2) is 48.7 Å². The highest BCUT2D eigenvalue weighted by Crippen LogP contribution is 2.41. The maximum atomic E-state index is 11.7. The van der Waals surface area contributed by atoms with Crippen molar-refractivity contribution in [1.82, 2.24) is 19.8 Å². The van der Waals surface area contributed by atoms with Gasteiger partial charge in [0.25, 0.3) is 0 Å². The van der Waals surface area contributed by atoms with E-state index in [-0.39, 0.29) is 18.1 Å². The van der Waals surface area contributed by atoms with Crippen LogP contribution < -0.4 is 5.32 Å². The number of hydrogen-bond acceptors (Lipinski definition) is 4. The van der Waals surface area contributed by atoms with Gasteiger partial charge >= 0.3 is 5.97 Å². The van der Waals surface area contributed by atoms with E-state index in [0.29, 0.717) is 24.5 Å². The van der Waals surface area contributed by atoms with Gasteiger partial charge in [-0.25, -0.2) is 0 Å². The molecule has 0 radical (unpaired) electrons. The molecule has 7 heteroatoms. The molecular weight excluding hydrogens is 444 g/mol. The lowest BCUT2D eigenvalue weighted by Gasteiger charge is -2.28. The lowest BCUT2D eigenvalue weighted by atomic mass is 9.96. The summed E-state index contributed by atoms with van der Waals surface area (Å²) in [6, 6.07) is 14.7. The van der Waals surface area contributed by atoms with E-state index in [1.165, 1.54) is 40.9 Å². The highest BCUT2D eigenvalue weighted by molar-refractivity contribution is 7.80. The smallest absolute Gasteiger partial charge is 0.305 e. The van der Waals surface area contributed by atoms with Crippen molar-refractivity contribution in [3.8, 4) is 5.69 Å². The number of aromatic nitrogens is 2. The molecule has 2 aromatic heterocycles. The van der Waals surface area contributed by atoms with Gasteiger partial charge in [0.05, 0.1) is 24.9 Å². The Balaban J connectivity index is 1.78. The van der Waals surface area contributed by atoms with Crippen molar-refractivity contribution in [2.45, 2.75) is 52.6 Å². The number of rotatable bonds is 7. The summed E-state index contributed by atoms with van der Waals surface area (Å²) < 4.78 is 7.17. The van der Waals surface area contributed by atoms with Crippen molar-refractivity contribution >= 4 is 23.3 Å². The molecule has 0 spiro atoms. The molecule has 1 aliphatic rings. The molecule has 0 amide bonds. The van der Waals surface area contributed by atoms with Gasteiger partial charge in [-0.05, 0) is 87.3 Å². The summed E-state index contributed by atoms with van der Waals surface area (Å²) in [5, 5.41) is 4.19. The maximum absolute atomic E-state index is 11.7. The molecule has 1 aliphatic heterocycles. The summed E-state index contributed by atoms with van der Waals surface area (Å²) in [5.74, 6) is -0.205. The summed E-state index contributed by atoms with van der Waals surface area (Å²) in [5.41, 5.74) is 8.17. The summed E-state index contributed by atoms with van der Waals surface area (Å²) >= 11 is 5.78. The Bertz CT molecular complexity index is 1200. The second-order valence-corrected chi connectivity index (χ2v) is 9.34. The quantitative estimate of drug-likeness (QED) is 0.381. The van der Waals surface area contributed by atoms with Crippen LogP contribution in [0.3, 0.4) is 0 Å². The van der Waals surface area contributed by atoms with Gasteiger partial charge in [-0.3, -0.25) is 9.78 Å². The van der Waals surface area contributed by atoms with Crippen molar-refractivity contribution in [1.29, 1.82) is 0 Å². The molecule has 4 rings (SSSR count). The van der Waals surface area contributed by atoms with Crippen LogP contribution in [0.4, 0.5) is 0 Å². The Morgan fingerprint density at radius 2 is 1.94 bits per heavy atom. The molecule has 0 saturated carbocycles. The van der Waals surface area contributed by atoms with E-state index in [0.717, 1.165) is 5.69 Å². The van der Waals surface area contributed by atoms with Crippen molar-refractivity contribution in [3.05, 3.63) is 82.4 Å². The molecule has 3 heterocycles. The summed E-state index contributed by atoms with van der Waals surface area (Å²) in [6.45, 7) is 9.25. The second-order valence-electron chi connectivity index (χ2n) is 8.95. The third kappa shape index (κ3) is 4.57. The van der Waals surface area contributed by atoms with E-state index in [4.69, 9.17) is 17.0 Å². The monoisotopic (exact) mass is 476 g/mol. The first kappa shape index (κ1) is 24.0. The highest BCUT2D eigenvalue weighted by atomic mass is 32.1. The third-order valence-corrected chi connectivity index (χ3v) is 6.95. The Morgan fingerprint density at radius 1 is 1.15 bits per heavy atom. The van der Waals surface area contributed by atoms with Crippen LogP contribution in [0.25, 0.3) is 5.69 Å². The van der Waals surface area contributed by atoms with E-state index >= 15 is 0 Å². The number of aryl methyl sites for hydroxylation is 3. The molecule has 0 bridgehead atoms. The number of nitrogens with zero attached hydrogens (tertiary/aromatic N) is 3. The number of thiocarbonyl (C=S) groups is 1. The molecule has 34 heavy (non-hydrogen) atoms. The first-order chi connectivity index (χ1) is 16.3. The zero-order chi connectivity index (χ0) is 24.4. The lowest BCUT2D eigenvalue weighted by Crippen LogP contribution is -2.31. The van der Waals surface area contributed by atoms with Crippen molar-refractivity contribution in [2.75, 3.05) is 13.7 Å². The number of methoxy groups -OCH3 is 1. The SMILES string of the molecule is COC(=O)CCCN1C(=S)N[C@@H](c2ccccn2)[C@H]1c1cc(C)n(-c2cc(C)ccc2C)c1C. The predicted molar refractivity (Wildman–Crippen MR) is 138 cm³/mol.